The van der Waals surface area contributed by atoms with Crippen molar-refractivity contribution >= 4 is 17.4 Å². The average Bonchev–Trinajstić information content (AvgIpc) is 3.11. The van der Waals surface area contributed by atoms with Gasteiger partial charge in [0.15, 0.2) is 0 Å². The molecule has 7 nitrogen and oxygen atoms in total. The van der Waals surface area contributed by atoms with Crippen molar-refractivity contribution in [3.63, 3.8) is 0 Å². The van der Waals surface area contributed by atoms with Crippen molar-refractivity contribution in [1.82, 2.24) is 20.6 Å². The van der Waals surface area contributed by atoms with Gasteiger partial charge in [0.1, 0.15) is 11.5 Å². The van der Waals surface area contributed by atoms with Crippen LogP contribution >= 0.6 is 11.3 Å². The number of benzene rings is 1. The Labute approximate surface area is 161 Å². The maximum Gasteiger partial charge on any atom is 0.315 e. The molecule has 140 valence electrons. The lowest BCUT2D eigenvalue weighted by Crippen LogP contribution is -2.34. The highest BCUT2D eigenvalue weighted by Gasteiger charge is 2.05. The topological polar surface area (TPSA) is 85.4 Å². The number of rotatable bonds is 7. The second-order valence-electron chi connectivity index (χ2n) is 5.66. The Morgan fingerprint density at radius 1 is 1.07 bits per heavy atom. The molecular weight excluding hydrogens is 364 g/mol. The van der Waals surface area contributed by atoms with Crippen LogP contribution in [-0.2, 0) is 13.1 Å². The molecule has 2 N–H and O–H groups in total. The van der Waals surface area contributed by atoms with Gasteiger partial charge in [-0.05, 0) is 42.8 Å². The summed E-state index contributed by atoms with van der Waals surface area (Å²) in [7, 11) is 1.61. The van der Waals surface area contributed by atoms with Gasteiger partial charge in [-0.15, -0.1) is 11.3 Å². The van der Waals surface area contributed by atoms with Crippen LogP contribution in [0.2, 0.25) is 0 Å². The van der Waals surface area contributed by atoms with Crippen LogP contribution in [0.4, 0.5) is 4.79 Å². The predicted molar refractivity (Wildman–Crippen MR) is 103 cm³/mol. The van der Waals surface area contributed by atoms with Crippen molar-refractivity contribution in [2.75, 3.05) is 7.11 Å². The Morgan fingerprint density at radius 2 is 1.81 bits per heavy atom. The van der Waals surface area contributed by atoms with Gasteiger partial charge >= 0.3 is 6.03 Å². The van der Waals surface area contributed by atoms with Gasteiger partial charge in [-0.25, -0.2) is 14.8 Å². The van der Waals surface area contributed by atoms with Crippen LogP contribution in [0.5, 0.6) is 17.4 Å². The standard InChI is InChI=1S/C19H20N4O3S/c1-13-21-11-17(27-13)12-23-19(24)22-10-14-7-8-20-18(9-14)26-16-5-3-15(25-2)4-6-16/h3-9,11H,10,12H2,1-2H3,(H2,22,23,24). The molecule has 3 rings (SSSR count). The number of aromatic nitrogens is 2. The molecule has 27 heavy (non-hydrogen) atoms. The number of nitrogens with one attached hydrogen (secondary N) is 2. The molecule has 8 heteroatoms. The number of pyridine rings is 1. The number of aryl methyl sites for hydroxylation is 1. The number of amides is 2. The van der Waals surface area contributed by atoms with Gasteiger partial charge in [0.05, 0.1) is 18.7 Å². The van der Waals surface area contributed by atoms with Crippen LogP contribution in [-0.4, -0.2) is 23.1 Å². The lowest BCUT2D eigenvalue weighted by atomic mass is 10.2. The Bertz CT molecular complexity index is 896. The molecule has 0 unspecified atom stereocenters. The lowest BCUT2D eigenvalue weighted by Gasteiger charge is -2.09. The molecule has 0 spiro atoms. The summed E-state index contributed by atoms with van der Waals surface area (Å²) in [6.07, 6.45) is 3.42. The molecule has 0 saturated heterocycles. The minimum absolute atomic E-state index is 0.240. The fraction of sp³-hybridized carbons (Fsp3) is 0.211. The normalized spacial score (nSPS) is 10.3. The Hall–Kier alpha value is -3.13. The monoisotopic (exact) mass is 384 g/mol. The van der Waals surface area contributed by atoms with E-state index in [1.807, 2.05) is 25.1 Å². The molecule has 1 aromatic carbocycles. The van der Waals surface area contributed by atoms with E-state index < -0.39 is 0 Å². The first-order chi connectivity index (χ1) is 13.1. The van der Waals surface area contributed by atoms with Gasteiger partial charge in [0.25, 0.3) is 0 Å². The van der Waals surface area contributed by atoms with E-state index in [9.17, 15) is 4.79 Å². The van der Waals surface area contributed by atoms with E-state index in [4.69, 9.17) is 9.47 Å². The van der Waals surface area contributed by atoms with Crippen molar-refractivity contribution in [3.8, 4) is 17.4 Å². The fourth-order valence-electron chi connectivity index (χ4n) is 2.28. The van der Waals surface area contributed by atoms with Gasteiger partial charge in [-0.1, -0.05) is 0 Å². The van der Waals surface area contributed by atoms with Gasteiger partial charge < -0.3 is 20.1 Å². The minimum Gasteiger partial charge on any atom is -0.497 e. The highest BCUT2D eigenvalue weighted by atomic mass is 32.1. The summed E-state index contributed by atoms with van der Waals surface area (Å²) in [6, 6.07) is 10.6. The number of thiazole rings is 1. The number of carbonyl (C=O) groups excluding carboxylic acids is 1. The Balaban J connectivity index is 1.50. The van der Waals surface area contributed by atoms with Crippen LogP contribution in [0.25, 0.3) is 0 Å². The summed E-state index contributed by atoms with van der Waals surface area (Å²) in [5, 5.41) is 6.61. The van der Waals surface area contributed by atoms with Crippen molar-refractivity contribution < 1.29 is 14.3 Å². The summed E-state index contributed by atoms with van der Waals surface area (Å²) in [5.74, 6) is 1.87. The number of carbonyl (C=O) groups is 1. The van der Waals surface area contributed by atoms with Crippen LogP contribution in [0, 0.1) is 6.92 Å². The molecule has 0 bridgehead atoms. The van der Waals surface area contributed by atoms with E-state index in [1.54, 1.807) is 49.0 Å². The molecule has 2 amide bonds. The lowest BCUT2D eigenvalue weighted by molar-refractivity contribution is 0.240. The zero-order valence-corrected chi connectivity index (χ0v) is 15.9. The third-order valence-electron chi connectivity index (χ3n) is 3.63. The number of hydrogen-bond donors (Lipinski definition) is 2. The van der Waals surface area contributed by atoms with E-state index in [0.29, 0.717) is 24.7 Å². The van der Waals surface area contributed by atoms with E-state index in [0.717, 1.165) is 21.2 Å². The maximum absolute atomic E-state index is 11.9. The molecular formula is C19H20N4O3S. The summed E-state index contributed by atoms with van der Waals surface area (Å²) >= 11 is 1.56. The molecule has 3 aromatic rings. The smallest absolute Gasteiger partial charge is 0.315 e. The summed E-state index contributed by atoms with van der Waals surface area (Å²) in [5.41, 5.74) is 0.886. The largest absolute Gasteiger partial charge is 0.497 e. The first-order valence-electron chi connectivity index (χ1n) is 8.32. The van der Waals surface area contributed by atoms with Crippen LogP contribution in [0.3, 0.4) is 0 Å². The summed E-state index contributed by atoms with van der Waals surface area (Å²) < 4.78 is 10.9. The third-order valence-corrected chi connectivity index (χ3v) is 4.54. The first-order valence-corrected chi connectivity index (χ1v) is 9.14. The number of methoxy groups -OCH3 is 1. The number of urea groups is 1. The molecule has 0 fully saturated rings. The Kier molecular flexibility index (Phi) is 6.22. The van der Waals surface area contributed by atoms with Gasteiger partial charge in [-0.2, -0.15) is 0 Å². The zero-order valence-electron chi connectivity index (χ0n) is 15.1. The average molecular weight is 384 g/mol. The van der Waals surface area contributed by atoms with Crippen molar-refractivity contribution in [2.24, 2.45) is 0 Å². The summed E-state index contributed by atoms with van der Waals surface area (Å²) in [4.78, 5) is 21.3. The third kappa shape index (κ3) is 5.68. The fourth-order valence-corrected chi connectivity index (χ4v) is 3.01. The van der Waals surface area contributed by atoms with Crippen LogP contribution in [0.15, 0.2) is 48.8 Å². The number of nitrogens with zero attached hydrogens (tertiary/aromatic N) is 2. The van der Waals surface area contributed by atoms with Crippen molar-refractivity contribution in [3.05, 3.63) is 64.2 Å². The number of ether oxygens (including phenoxy) is 2. The van der Waals surface area contributed by atoms with Crippen molar-refractivity contribution in [1.29, 1.82) is 0 Å². The van der Waals surface area contributed by atoms with E-state index >= 15 is 0 Å². The van der Waals surface area contributed by atoms with E-state index in [-0.39, 0.29) is 6.03 Å². The second-order valence-corrected chi connectivity index (χ2v) is 6.98. The highest BCUT2D eigenvalue weighted by Crippen LogP contribution is 2.22. The van der Waals surface area contributed by atoms with Gasteiger partial charge in [-0.3, -0.25) is 0 Å². The van der Waals surface area contributed by atoms with E-state index in [2.05, 4.69) is 20.6 Å². The predicted octanol–water partition coefficient (Wildman–Crippen LogP) is 3.65. The molecule has 2 aromatic heterocycles. The second kappa shape index (κ2) is 9.00. The van der Waals surface area contributed by atoms with E-state index in [1.165, 1.54) is 0 Å². The quantitative estimate of drug-likeness (QED) is 0.649. The molecule has 0 atom stereocenters. The first kappa shape index (κ1) is 18.7. The zero-order chi connectivity index (χ0) is 19.1. The van der Waals surface area contributed by atoms with Gasteiger partial charge in [0.2, 0.25) is 5.88 Å². The molecule has 0 radical (unpaired) electrons. The molecule has 0 aliphatic rings. The SMILES string of the molecule is COc1ccc(Oc2cc(CNC(=O)NCc3cnc(C)s3)ccn2)cc1. The molecule has 0 saturated carbocycles. The molecule has 0 aliphatic heterocycles. The van der Waals surface area contributed by atoms with Crippen LogP contribution in [0.1, 0.15) is 15.4 Å². The van der Waals surface area contributed by atoms with Crippen LogP contribution < -0.4 is 20.1 Å². The summed E-state index contributed by atoms with van der Waals surface area (Å²) in [6.45, 7) is 2.76. The molecule has 2 heterocycles. The van der Waals surface area contributed by atoms with Crippen molar-refractivity contribution in [2.45, 2.75) is 20.0 Å². The Morgan fingerprint density at radius 3 is 2.52 bits per heavy atom. The number of hydrogen-bond acceptors (Lipinski definition) is 6. The molecule has 0 aliphatic carbocycles. The van der Waals surface area contributed by atoms with Gasteiger partial charge in [0, 0.05) is 29.9 Å². The minimum atomic E-state index is -0.240. The highest BCUT2D eigenvalue weighted by molar-refractivity contribution is 7.11. The maximum atomic E-state index is 11.9.